The van der Waals surface area contributed by atoms with Crippen LogP contribution >= 0.6 is 0 Å². The number of nitrogens with one attached hydrogen (secondary N) is 1. The summed E-state index contributed by atoms with van der Waals surface area (Å²) < 4.78 is 30.0. The molecule has 0 aliphatic rings. The highest BCUT2D eigenvalue weighted by Gasteiger charge is 2.19. The Labute approximate surface area is 159 Å². The Balaban J connectivity index is 2.00. The Hall–Kier alpha value is -2.87. The van der Waals surface area contributed by atoms with Crippen molar-refractivity contribution in [1.82, 2.24) is 5.32 Å². The van der Waals surface area contributed by atoms with Crippen LogP contribution in [0.4, 0.5) is 5.69 Å². The molecule has 1 amide bonds. The summed E-state index contributed by atoms with van der Waals surface area (Å²) in [6.07, 6.45) is 1.09. The molecule has 27 heavy (non-hydrogen) atoms. The van der Waals surface area contributed by atoms with Crippen LogP contribution in [0.1, 0.15) is 22.3 Å². The van der Waals surface area contributed by atoms with Crippen LogP contribution < -0.4 is 9.62 Å². The molecule has 0 unspecified atom stereocenters. The minimum Gasteiger partial charge on any atom is -0.465 e. The lowest BCUT2D eigenvalue weighted by molar-refractivity contribution is -0.121. The largest absolute Gasteiger partial charge is 0.465 e. The van der Waals surface area contributed by atoms with Crippen molar-refractivity contribution < 1.29 is 22.7 Å². The van der Waals surface area contributed by atoms with E-state index < -0.39 is 16.0 Å². The summed E-state index contributed by atoms with van der Waals surface area (Å²) in [7, 11) is -2.31. The Morgan fingerprint density at radius 1 is 1.04 bits per heavy atom. The number of sulfonamides is 1. The van der Waals surface area contributed by atoms with Gasteiger partial charge in [-0.3, -0.25) is 9.10 Å². The molecule has 2 aromatic rings. The minimum absolute atomic E-state index is 0.00295. The fraction of sp³-hybridized carbons (Fsp3) is 0.263. The highest BCUT2D eigenvalue weighted by atomic mass is 32.2. The Bertz CT molecular complexity index is 880. The lowest BCUT2D eigenvalue weighted by Gasteiger charge is -2.22. The third-order valence-corrected chi connectivity index (χ3v) is 5.05. The first-order chi connectivity index (χ1) is 12.8. The summed E-state index contributed by atoms with van der Waals surface area (Å²) in [5, 5.41) is 2.77. The molecule has 0 heterocycles. The van der Waals surface area contributed by atoms with Crippen LogP contribution in [0.5, 0.6) is 0 Å². The van der Waals surface area contributed by atoms with Crippen LogP contribution in [-0.2, 0) is 26.1 Å². The van der Waals surface area contributed by atoms with E-state index in [0.29, 0.717) is 17.8 Å². The number of esters is 1. The molecule has 144 valence electrons. The van der Waals surface area contributed by atoms with Crippen molar-refractivity contribution in [2.24, 2.45) is 0 Å². The van der Waals surface area contributed by atoms with Crippen LogP contribution in [0.3, 0.4) is 0 Å². The molecular weight excluding hydrogens is 368 g/mol. The fourth-order valence-electron chi connectivity index (χ4n) is 2.46. The number of hydrogen-bond donors (Lipinski definition) is 1. The maximum absolute atomic E-state index is 12.1. The van der Waals surface area contributed by atoms with E-state index >= 15 is 0 Å². The van der Waals surface area contributed by atoms with Gasteiger partial charge in [0.15, 0.2) is 0 Å². The molecule has 0 aliphatic heterocycles. The zero-order valence-corrected chi connectivity index (χ0v) is 16.0. The van der Waals surface area contributed by atoms with Gasteiger partial charge in [-0.2, -0.15) is 0 Å². The van der Waals surface area contributed by atoms with Crippen molar-refractivity contribution >= 4 is 27.6 Å². The molecule has 0 aliphatic carbocycles. The highest BCUT2D eigenvalue weighted by Crippen LogP contribution is 2.19. The molecule has 0 fully saturated rings. The van der Waals surface area contributed by atoms with Gasteiger partial charge in [-0.15, -0.1) is 0 Å². The topological polar surface area (TPSA) is 92.8 Å². The lowest BCUT2D eigenvalue weighted by Crippen LogP contribution is -2.34. The maximum atomic E-state index is 12.1. The van der Waals surface area contributed by atoms with Gasteiger partial charge in [0.05, 0.1) is 24.6 Å². The number of ether oxygens (including phenoxy) is 1. The van der Waals surface area contributed by atoms with E-state index in [1.165, 1.54) is 31.4 Å². The SMILES string of the molecule is COC(=O)c1ccc(N(CCC(=O)NCc2ccccc2)S(C)(=O)=O)cc1. The Morgan fingerprint density at radius 3 is 2.22 bits per heavy atom. The van der Waals surface area contributed by atoms with E-state index in [1.807, 2.05) is 30.3 Å². The first kappa shape index (κ1) is 20.4. The predicted octanol–water partition coefficient (Wildman–Crippen LogP) is 1.95. The van der Waals surface area contributed by atoms with Crippen LogP contribution in [0.2, 0.25) is 0 Å². The standard InChI is InChI=1S/C19H22N2O5S/c1-26-19(23)16-8-10-17(11-9-16)21(27(2,24)25)13-12-18(22)20-14-15-6-4-3-5-7-15/h3-11H,12-14H2,1-2H3,(H,20,22). The Kier molecular flexibility index (Phi) is 6.95. The van der Waals surface area contributed by atoms with Gasteiger partial charge in [-0.1, -0.05) is 30.3 Å². The zero-order chi connectivity index (χ0) is 19.9. The van der Waals surface area contributed by atoms with Gasteiger partial charge >= 0.3 is 5.97 Å². The molecule has 8 heteroatoms. The number of carbonyl (C=O) groups is 2. The highest BCUT2D eigenvalue weighted by molar-refractivity contribution is 7.92. The molecule has 1 N–H and O–H groups in total. The fourth-order valence-corrected chi connectivity index (χ4v) is 3.38. The first-order valence-corrected chi connectivity index (χ1v) is 10.1. The van der Waals surface area contributed by atoms with Crippen LogP contribution in [0, 0.1) is 0 Å². The molecule has 2 aromatic carbocycles. The number of rotatable bonds is 8. The van der Waals surface area contributed by atoms with E-state index in [-0.39, 0.29) is 18.9 Å². The number of carbonyl (C=O) groups excluding carboxylic acids is 2. The molecule has 0 radical (unpaired) electrons. The second-order valence-electron chi connectivity index (χ2n) is 5.89. The second-order valence-corrected chi connectivity index (χ2v) is 7.79. The summed E-state index contributed by atoms with van der Waals surface area (Å²) >= 11 is 0. The number of nitrogens with zero attached hydrogens (tertiary/aromatic N) is 1. The van der Waals surface area contributed by atoms with Crippen LogP contribution in [0.15, 0.2) is 54.6 Å². The first-order valence-electron chi connectivity index (χ1n) is 8.28. The molecule has 0 aromatic heterocycles. The quantitative estimate of drug-likeness (QED) is 0.696. The van der Waals surface area contributed by atoms with Gasteiger partial charge in [0.25, 0.3) is 0 Å². The second kappa shape index (κ2) is 9.18. The number of hydrogen-bond acceptors (Lipinski definition) is 5. The molecule has 7 nitrogen and oxygen atoms in total. The lowest BCUT2D eigenvalue weighted by atomic mass is 10.2. The smallest absolute Gasteiger partial charge is 0.337 e. The van der Waals surface area contributed by atoms with Gasteiger partial charge in [0.1, 0.15) is 0 Å². The van der Waals surface area contributed by atoms with Crippen molar-refractivity contribution in [3.8, 4) is 0 Å². The van der Waals surface area contributed by atoms with Crippen molar-refractivity contribution in [2.75, 3.05) is 24.2 Å². The zero-order valence-electron chi connectivity index (χ0n) is 15.2. The number of benzene rings is 2. The Morgan fingerprint density at radius 2 is 1.67 bits per heavy atom. The summed E-state index contributed by atoms with van der Waals surface area (Å²) in [6, 6.07) is 15.4. The van der Waals surface area contributed by atoms with Gasteiger partial charge in [0.2, 0.25) is 15.9 Å². The average molecular weight is 390 g/mol. The third kappa shape index (κ3) is 6.10. The van der Waals surface area contributed by atoms with Gasteiger partial charge in [-0.05, 0) is 29.8 Å². The maximum Gasteiger partial charge on any atom is 0.337 e. The molecule has 0 saturated carbocycles. The van der Waals surface area contributed by atoms with Gasteiger partial charge in [0, 0.05) is 19.5 Å². The van der Waals surface area contributed by atoms with Crippen molar-refractivity contribution in [3.05, 3.63) is 65.7 Å². The molecular formula is C19H22N2O5S. The van der Waals surface area contributed by atoms with E-state index in [9.17, 15) is 18.0 Å². The molecule has 0 bridgehead atoms. The van der Waals surface area contributed by atoms with Crippen LogP contribution in [-0.4, -0.2) is 40.2 Å². The molecule has 0 atom stereocenters. The van der Waals surface area contributed by atoms with Crippen molar-refractivity contribution in [2.45, 2.75) is 13.0 Å². The van der Waals surface area contributed by atoms with Gasteiger partial charge < -0.3 is 10.1 Å². The minimum atomic E-state index is -3.58. The van der Waals surface area contributed by atoms with E-state index in [4.69, 9.17) is 0 Å². The summed E-state index contributed by atoms with van der Waals surface area (Å²) in [6.45, 7) is 0.378. The van der Waals surface area contributed by atoms with Gasteiger partial charge in [-0.25, -0.2) is 13.2 Å². The van der Waals surface area contributed by atoms with Crippen LogP contribution in [0.25, 0.3) is 0 Å². The summed E-state index contributed by atoms with van der Waals surface area (Å²) in [4.78, 5) is 23.6. The van der Waals surface area contributed by atoms with E-state index in [0.717, 1.165) is 16.1 Å². The molecule has 0 saturated heterocycles. The number of methoxy groups -OCH3 is 1. The van der Waals surface area contributed by atoms with E-state index in [2.05, 4.69) is 10.1 Å². The summed E-state index contributed by atoms with van der Waals surface area (Å²) in [5.41, 5.74) is 1.65. The van der Waals surface area contributed by atoms with Crippen molar-refractivity contribution in [1.29, 1.82) is 0 Å². The average Bonchev–Trinajstić information content (AvgIpc) is 2.66. The predicted molar refractivity (Wildman–Crippen MR) is 103 cm³/mol. The third-order valence-electron chi connectivity index (χ3n) is 3.85. The normalized spacial score (nSPS) is 10.9. The molecule has 0 spiro atoms. The van der Waals surface area contributed by atoms with E-state index in [1.54, 1.807) is 0 Å². The number of amides is 1. The number of anilines is 1. The summed E-state index contributed by atoms with van der Waals surface area (Å²) in [5.74, 6) is -0.758. The monoisotopic (exact) mass is 390 g/mol. The van der Waals surface area contributed by atoms with Crippen molar-refractivity contribution in [3.63, 3.8) is 0 Å². The molecule has 2 rings (SSSR count).